The van der Waals surface area contributed by atoms with Gasteiger partial charge in [-0.05, 0) is 44.9 Å². The Labute approximate surface area is 137 Å². The van der Waals surface area contributed by atoms with E-state index < -0.39 is 5.82 Å². The van der Waals surface area contributed by atoms with Gasteiger partial charge in [0.15, 0.2) is 5.76 Å². The average Bonchev–Trinajstić information content (AvgIpc) is 2.80. The normalized spacial score (nSPS) is 12.6. The molecule has 0 bridgehead atoms. The van der Waals surface area contributed by atoms with Gasteiger partial charge in [-0.15, -0.1) is 0 Å². The molecule has 7 nitrogen and oxygen atoms in total. The maximum Gasteiger partial charge on any atom is 0.519 e. The van der Waals surface area contributed by atoms with Gasteiger partial charge in [-0.3, -0.25) is 13.9 Å². The van der Waals surface area contributed by atoms with Crippen molar-refractivity contribution in [3.63, 3.8) is 0 Å². The second-order valence-electron chi connectivity index (χ2n) is 5.79. The van der Waals surface area contributed by atoms with Crippen molar-refractivity contribution in [1.82, 2.24) is 4.90 Å². The van der Waals surface area contributed by atoms with E-state index in [9.17, 15) is 9.59 Å². The lowest BCUT2D eigenvalue weighted by Crippen LogP contribution is -2.40. The number of hydrogen-bond donors (Lipinski definition) is 0. The monoisotopic (exact) mass is 333 g/mol. The zero-order valence-corrected chi connectivity index (χ0v) is 13.8. The zero-order chi connectivity index (χ0) is 17.3. The Hall–Kier alpha value is -2.70. The minimum Gasteiger partial charge on any atom is -0.396 e. The summed E-state index contributed by atoms with van der Waals surface area (Å²) < 4.78 is 19.4. The van der Waals surface area contributed by atoms with Crippen LogP contribution >= 0.6 is 0 Å². The molecule has 7 heteroatoms. The Morgan fingerprint density at radius 1 is 1.21 bits per heavy atom. The molecular weight excluding hydrogens is 314 g/mol. The van der Waals surface area contributed by atoms with E-state index in [4.69, 9.17) is 18.0 Å². The molecule has 2 heterocycles. The number of carbonyl (C=O) groups is 1. The number of fused-ring (bicyclic) bond motifs is 1. The highest BCUT2D eigenvalue weighted by Crippen LogP contribution is 2.21. The van der Waals surface area contributed by atoms with Crippen LogP contribution < -0.4 is 5.82 Å². The molecular formula is C17H19NO6. The minimum atomic E-state index is -0.782. The molecule has 128 valence electrons. The maximum absolute atomic E-state index is 12.5. The number of likely N-dealkylation sites (N-methyl/N-ethyl adjacent to an activating group) is 1. The summed E-state index contributed by atoms with van der Waals surface area (Å²) >= 11 is 0. The molecule has 1 unspecified atom stereocenters. The number of carbonyl (C=O) groups excluding carboxylic acids is 1. The quantitative estimate of drug-likeness (QED) is 0.644. The van der Waals surface area contributed by atoms with Crippen LogP contribution in [0.4, 0.5) is 0 Å². The molecule has 1 aromatic carbocycles. The standard InChI is InChI=1S/C17H19NO6/c1-4-18(16(19)9-14-11(3)21-17(20)22-14)10(2)7-12-5-6-13-15(8-12)24-23-13/h5-6,8,10H,4,7,9H2,1-3H3. The molecule has 0 aliphatic rings. The van der Waals surface area contributed by atoms with E-state index in [1.807, 2.05) is 32.0 Å². The summed E-state index contributed by atoms with van der Waals surface area (Å²) in [5, 5.41) is 0. The number of nitrogens with zero attached hydrogens (tertiary/aromatic N) is 1. The van der Waals surface area contributed by atoms with E-state index >= 15 is 0 Å². The highest BCUT2D eigenvalue weighted by atomic mass is 17.0. The molecule has 0 aliphatic carbocycles. The molecule has 0 aliphatic heterocycles. The molecule has 0 fully saturated rings. The summed E-state index contributed by atoms with van der Waals surface area (Å²) in [5.41, 5.74) is 2.49. The van der Waals surface area contributed by atoms with Crippen LogP contribution in [0.2, 0.25) is 0 Å². The third kappa shape index (κ3) is 3.15. The Morgan fingerprint density at radius 3 is 2.50 bits per heavy atom. The lowest BCUT2D eigenvalue weighted by molar-refractivity contribution is -0.132. The second-order valence-corrected chi connectivity index (χ2v) is 5.79. The second kappa shape index (κ2) is 6.43. The fourth-order valence-corrected chi connectivity index (χ4v) is 2.83. The van der Waals surface area contributed by atoms with Gasteiger partial charge in [0.05, 0.1) is 6.42 Å². The van der Waals surface area contributed by atoms with Crippen molar-refractivity contribution in [3.05, 3.63) is 45.9 Å². The summed E-state index contributed by atoms with van der Waals surface area (Å²) in [7, 11) is 0. The first kappa shape index (κ1) is 16.2. The van der Waals surface area contributed by atoms with Gasteiger partial charge < -0.3 is 13.7 Å². The maximum atomic E-state index is 12.5. The lowest BCUT2D eigenvalue weighted by atomic mass is 10.0. The van der Waals surface area contributed by atoms with Crippen molar-refractivity contribution in [1.29, 1.82) is 0 Å². The molecule has 1 atom stereocenters. The number of aryl methyl sites for hydroxylation is 1. The SMILES string of the molecule is CCN(C(=O)Cc1oc(=O)oc1C)C(C)Cc1ccc2ooc2c1. The van der Waals surface area contributed by atoms with Gasteiger partial charge in [-0.25, -0.2) is 4.79 Å². The third-order valence-electron chi connectivity index (χ3n) is 4.10. The first-order chi connectivity index (χ1) is 11.5. The molecule has 24 heavy (non-hydrogen) atoms. The van der Waals surface area contributed by atoms with Crippen molar-refractivity contribution in [3.8, 4) is 0 Å². The predicted octanol–water partition coefficient (Wildman–Crippen LogP) is 2.90. The van der Waals surface area contributed by atoms with Gasteiger partial charge in [0.25, 0.3) is 0 Å². The molecule has 2 aromatic heterocycles. The highest BCUT2D eigenvalue weighted by molar-refractivity contribution is 5.78. The summed E-state index contributed by atoms with van der Waals surface area (Å²) in [6.07, 6.45) is 0.696. The van der Waals surface area contributed by atoms with Crippen LogP contribution in [0.5, 0.6) is 0 Å². The largest absolute Gasteiger partial charge is 0.519 e. The minimum absolute atomic E-state index is 0.0108. The number of amides is 1. The molecule has 0 spiro atoms. The molecule has 0 saturated heterocycles. The fraction of sp³-hybridized carbons (Fsp3) is 0.412. The molecule has 1 amide bonds. The average molecular weight is 333 g/mol. The van der Waals surface area contributed by atoms with E-state index in [0.717, 1.165) is 11.1 Å². The van der Waals surface area contributed by atoms with Gasteiger partial charge in [-0.2, -0.15) is 0 Å². The van der Waals surface area contributed by atoms with Gasteiger partial charge in [-0.1, -0.05) is 6.07 Å². The summed E-state index contributed by atoms with van der Waals surface area (Å²) in [6.45, 7) is 6.07. The van der Waals surface area contributed by atoms with Crippen LogP contribution in [0.1, 0.15) is 30.9 Å². The third-order valence-corrected chi connectivity index (χ3v) is 4.10. The molecule has 0 radical (unpaired) electrons. The van der Waals surface area contributed by atoms with Gasteiger partial charge >= 0.3 is 5.82 Å². The fourth-order valence-electron chi connectivity index (χ4n) is 2.83. The number of rotatable bonds is 6. The van der Waals surface area contributed by atoms with Gasteiger partial charge in [0.2, 0.25) is 17.1 Å². The van der Waals surface area contributed by atoms with E-state index in [0.29, 0.717) is 24.3 Å². The molecule has 0 saturated carbocycles. The summed E-state index contributed by atoms with van der Waals surface area (Å²) in [5.74, 6) is -0.268. The van der Waals surface area contributed by atoms with Crippen molar-refractivity contribution in [2.24, 2.45) is 0 Å². The Bertz CT molecular complexity index is 896. The Morgan fingerprint density at radius 2 is 1.96 bits per heavy atom. The number of hydrogen-bond acceptors (Lipinski definition) is 6. The summed E-state index contributed by atoms with van der Waals surface area (Å²) in [4.78, 5) is 25.4. The van der Waals surface area contributed by atoms with Crippen LogP contribution in [-0.4, -0.2) is 23.4 Å². The van der Waals surface area contributed by atoms with Gasteiger partial charge in [0, 0.05) is 12.6 Å². The van der Waals surface area contributed by atoms with Gasteiger partial charge in [0.1, 0.15) is 5.76 Å². The lowest BCUT2D eigenvalue weighted by Gasteiger charge is -2.28. The van der Waals surface area contributed by atoms with Crippen LogP contribution in [0.25, 0.3) is 11.2 Å². The Balaban J connectivity index is 1.69. The highest BCUT2D eigenvalue weighted by Gasteiger charge is 2.22. The zero-order valence-electron chi connectivity index (χ0n) is 13.8. The van der Waals surface area contributed by atoms with Crippen molar-refractivity contribution >= 4 is 17.1 Å². The van der Waals surface area contributed by atoms with Crippen LogP contribution in [0.15, 0.2) is 41.0 Å². The van der Waals surface area contributed by atoms with E-state index in [1.165, 1.54) is 0 Å². The Kier molecular flexibility index (Phi) is 4.33. The van der Waals surface area contributed by atoms with Crippen LogP contribution in [-0.2, 0) is 17.6 Å². The van der Waals surface area contributed by atoms with E-state index in [2.05, 4.69) is 0 Å². The number of benzene rings is 1. The topological polar surface area (TPSA) is 89.9 Å². The van der Waals surface area contributed by atoms with Crippen molar-refractivity contribution < 1.29 is 22.8 Å². The van der Waals surface area contributed by atoms with Crippen molar-refractivity contribution in [2.75, 3.05) is 6.54 Å². The smallest absolute Gasteiger partial charge is 0.396 e. The van der Waals surface area contributed by atoms with Crippen molar-refractivity contribution in [2.45, 2.75) is 39.7 Å². The molecule has 3 aromatic rings. The molecule has 0 N–H and O–H groups in total. The first-order valence-corrected chi connectivity index (χ1v) is 7.84. The van der Waals surface area contributed by atoms with Crippen LogP contribution in [0, 0.1) is 6.92 Å². The van der Waals surface area contributed by atoms with E-state index in [-0.39, 0.29) is 24.1 Å². The first-order valence-electron chi connectivity index (χ1n) is 7.84. The van der Waals surface area contributed by atoms with E-state index in [1.54, 1.807) is 11.8 Å². The predicted molar refractivity (Wildman–Crippen MR) is 84.7 cm³/mol. The molecule has 3 rings (SSSR count). The summed E-state index contributed by atoms with van der Waals surface area (Å²) in [6, 6.07) is 5.70. The van der Waals surface area contributed by atoms with Crippen LogP contribution in [0.3, 0.4) is 0 Å².